The van der Waals surface area contributed by atoms with Crippen molar-refractivity contribution in [3.05, 3.63) is 29.8 Å². The van der Waals surface area contributed by atoms with E-state index < -0.39 is 6.10 Å². The van der Waals surface area contributed by atoms with Crippen LogP contribution in [0.4, 0.5) is 5.69 Å². The Balaban J connectivity index is 2.00. The summed E-state index contributed by atoms with van der Waals surface area (Å²) in [5.74, 6) is -0.546. The highest BCUT2D eigenvalue weighted by Gasteiger charge is 2.34. The van der Waals surface area contributed by atoms with Crippen LogP contribution in [0.15, 0.2) is 24.3 Å². The van der Waals surface area contributed by atoms with Gasteiger partial charge in [-0.15, -0.1) is 0 Å². The van der Waals surface area contributed by atoms with Gasteiger partial charge < -0.3 is 15.3 Å². The quantitative estimate of drug-likeness (QED) is 0.853. The Bertz CT molecular complexity index is 511. The molecule has 2 atom stereocenters. The molecule has 2 unspecified atom stereocenters. The summed E-state index contributed by atoms with van der Waals surface area (Å²) in [6.45, 7) is 4.31. The van der Waals surface area contributed by atoms with Gasteiger partial charge in [-0.05, 0) is 31.0 Å². The van der Waals surface area contributed by atoms with E-state index >= 15 is 0 Å². The van der Waals surface area contributed by atoms with Gasteiger partial charge in [0.1, 0.15) is 0 Å². The predicted octanol–water partition coefficient (Wildman–Crippen LogP) is 1.10. The van der Waals surface area contributed by atoms with E-state index in [2.05, 4.69) is 12.2 Å². The molecular formula is C16H22N2O3. The summed E-state index contributed by atoms with van der Waals surface area (Å²) in [4.78, 5) is 25.7. The molecule has 114 valence electrons. The fourth-order valence-electron chi connectivity index (χ4n) is 2.44. The van der Waals surface area contributed by atoms with E-state index in [1.807, 2.05) is 24.3 Å². The molecule has 1 saturated heterocycles. The highest BCUT2D eigenvalue weighted by molar-refractivity contribution is 6.00. The van der Waals surface area contributed by atoms with E-state index in [0.29, 0.717) is 6.54 Å². The lowest BCUT2D eigenvalue weighted by molar-refractivity contribution is -0.126. The Morgan fingerprint density at radius 3 is 2.67 bits per heavy atom. The summed E-state index contributed by atoms with van der Waals surface area (Å²) in [6.07, 6.45) is 0.600. The molecule has 0 spiro atoms. The number of aryl methyl sites for hydroxylation is 1. The molecule has 1 aliphatic heterocycles. The molecule has 1 aromatic rings. The molecule has 0 saturated carbocycles. The largest absolute Gasteiger partial charge is 0.392 e. The van der Waals surface area contributed by atoms with Crippen LogP contribution in [-0.4, -0.2) is 36.1 Å². The molecule has 21 heavy (non-hydrogen) atoms. The molecule has 2 amide bonds. The molecule has 5 heteroatoms. The number of aliphatic hydroxyl groups excluding tert-OH is 1. The van der Waals surface area contributed by atoms with Crippen LogP contribution in [0.2, 0.25) is 0 Å². The van der Waals surface area contributed by atoms with Crippen molar-refractivity contribution in [3.63, 3.8) is 0 Å². The first-order chi connectivity index (χ1) is 10.0. The molecule has 0 bridgehead atoms. The van der Waals surface area contributed by atoms with Crippen LogP contribution < -0.4 is 10.2 Å². The minimum absolute atomic E-state index is 0.0311. The second-order valence-corrected chi connectivity index (χ2v) is 5.52. The maximum atomic E-state index is 12.1. The first-order valence-corrected chi connectivity index (χ1v) is 7.36. The average molecular weight is 290 g/mol. The van der Waals surface area contributed by atoms with E-state index in [4.69, 9.17) is 0 Å². The molecule has 1 heterocycles. The van der Waals surface area contributed by atoms with Crippen molar-refractivity contribution in [2.24, 2.45) is 5.92 Å². The van der Waals surface area contributed by atoms with Gasteiger partial charge in [0.05, 0.1) is 12.0 Å². The molecular weight excluding hydrogens is 268 g/mol. The van der Waals surface area contributed by atoms with Gasteiger partial charge in [0.25, 0.3) is 0 Å². The summed E-state index contributed by atoms with van der Waals surface area (Å²) in [5, 5.41) is 11.9. The van der Waals surface area contributed by atoms with Crippen molar-refractivity contribution in [2.45, 2.75) is 32.8 Å². The van der Waals surface area contributed by atoms with Crippen molar-refractivity contribution in [2.75, 3.05) is 18.0 Å². The highest BCUT2D eigenvalue weighted by atomic mass is 16.3. The topological polar surface area (TPSA) is 69.6 Å². The lowest BCUT2D eigenvalue weighted by atomic mass is 10.1. The molecule has 0 aliphatic carbocycles. The van der Waals surface area contributed by atoms with Crippen molar-refractivity contribution in [1.29, 1.82) is 0 Å². The molecule has 1 aliphatic rings. The van der Waals surface area contributed by atoms with E-state index in [1.54, 1.807) is 11.8 Å². The van der Waals surface area contributed by atoms with Gasteiger partial charge in [-0.25, -0.2) is 0 Å². The van der Waals surface area contributed by atoms with E-state index in [0.717, 1.165) is 12.1 Å². The van der Waals surface area contributed by atoms with Crippen LogP contribution in [0.25, 0.3) is 0 Å². The van der Waals surface area contributed by atoms with E-state index in [9.17, 15) is 14.7 Å². The Morgan fingerprint density at radius 1 is 1.43 bits per heavy atom. The van der Waals surface area contributed by atoms with Crippen molar-refractivity contribution in [1.82, 2.24) is 5.32 Å². The zero-order valence-electron chi connectivity index (χ0n) is 12.5. The number of anilines is 1. The lowest BCUT2D eigenvalue weighted by Gasteiger charge is -2.17. The van der Waals surface area contributed by atoms with E-state index in [-0.39, 0.29) is 30.7 Å². The van der Waals surface area contributed by atoms with E-state index in [1.165, 1.54) is 5.56 Å². The van der Waals surface area contributed by atoms with Crippen LogP contribution in [0, 0.1) is 5.92 Å². The summed E-state index contributed by atoms with van der Waals surface area (Å²) in [6, 6.07) is 7.85. The Kier molecular flexibility index (Phi) is 4.96. The first kappa shape index (κ1) is 15.5. The van der Waals surface area contributed by atoms with Crippen LogP contribution in [-0.2, 0) is 16.0 Å². The standard InChI is InChI=1S/C16H22N2O3/c1-3-12-4-6-14(7-5-12)18-10-13(8-15(18)20)16(21)17-9-11(2)19/h4-7,11,13,19H,3,8-10H2,1-2H3,(H,17,21). The molecule has 1 fully saturated rings. The number of hydrogen-bond donors (Lipinski definition) is 2. The van der Waals surface area contributed by atoms with Gasteiger partial charge in [-0.3, -0.25) is 9.59 Å². The molecule has 5 nitrogen and oxygen atoms in total. The zero-order valence-corrected chi connectivity index (χ0v) is 12.5. The number of nitrogens with one attached hydrogen (secondary N) is 1. The molecule has 2 rings (SSSR count). The Hall–Kier alpha value is -1.88. The number of hydrogen-bond acceptors (Lipinski definition) is 3. The number of benzene rings is 1. The van der Waals surface area contributed by atoms with Gasteiger partial charge in [-0.2, -0.15) is 0 Å². The van der Waals surface area contributed by atoms with Gasteiger partial charge in [0, 0.05) is 25.2 Å². The third-order valence-electron chi connectivity index (χ3n) is 3.72. The molecule has 0 aromatic heterocycles. The predicted molar refractivity (Wildman–Crippen MR) is 81.0 cm³/mol. The summed E-state index contributed by atoms with van der Waals surface area (Å²) in [7, 11) is 0. The Morgan fingerprint density at radius 2 is 2.10 bits per heavy atom. The fraction of sp³-hybridized carbons (Fsp3) is 0.500. The van der Waals surface area contributed by atoms with Crippen LogP contribution in [0.1, 0.15) is 25.8 Å². The second-order valence-electron chi connectivity index (χ2n) is 5.52. The smallest absolute Gasteiger partial charge is 0.227 e. The third kappa shape index (κ3) is 3.82. The first-order valence-electron chi connectivity index (χ1n) is 7.36. The number of rotatable bonds is 5. The maximum Gasteiger partial charge on any atom is 0.227 e. The number of amides is 2. The Labute approximate surface area is 125 Å². The van der Waals surface area contributed by atoms with Crippen molar-refractivity contribution >= 4 is 17.5 Å². The summed E-state index contributed by atoms with van der Waals surface area (Å²) >= 11 is 0. The van der Waals surface area contributed by atoms with Crippen LogP contribution in [0.3, 0.4) is 0 Å². The summed E-state index contributed by atoms with van der Waals surface area (Å²) in [5.41, 5.74) is 2.06. The second kappa shape index (κ2) is 6.72. The number of carbonyl (C=O) groups is 2. The monoisotopic (exact) mass is 290 g/mol. The SMILES string of the molecule is CCc1ccc(N2CC(C(=O)NCC(C)O)CC2=O)cc1. The lowest BCUT2D eigenvalue weighted by Crippen LogP contribution is -2.36. The van der Waals surface area contributed by atoms with Gasteiger partial charge >= 0.3 is 0 Å². The zero-order chi connectivity index (χ0) is 15.4. The minimum Gasteiger partial charge on any atom is -0.392 e. The highest BCUT2D eigenvalue weighted by Crippen LogP contribution is 2.25. The normalized spacial score (nSPS) is 19.7. The summed E-state index contributed by atoms with van der Waals surface area (Å²) < 4.78 is 0. The number of nitrogens with zero attached hydrogens (tertiary/aromatic N) is 1. The molecule has 1 aromatic carbocycles. The minimum atomic E-state index is -0.580. The fourth-order valence-corrected chi connectivity index (χ4v) is 2.44. The maximum absolute atomic E-state index is 12.1. The number of aliphatic hydroxyl groups is 1. The average Bonchev–Trinajstić information content (AvgIpc) is 2.87. The van der Waals surface area contributed by atoms with Crippen LogP contribution >= 0.6 is 0 Å². The van der Waals surface area contributed by atoms with Gasteiger partial charge in [0.15, 0.2) is 0 Å². The van der Waals surface area contributed by atoms with Gasteiger partial charge in [0.2, 0.25) is 11.8 Å². The third-order valence-corrected chi connectivity index (χ3v) is 3.72. The molecule has 0 radical (unpaired) electrons. The number of carbonyl (C=O) groups excluding carboxylic acids is 2. The van der Waals surface area contributed by atoms with Gasteiger partial charge in [-0.1, -0.05) is 19.1 Å². The molecule has 2 N–H and O–H groups in total. The van der Waals surface area contributed by atoms with Crippen molar-refractivity contribution < 1.29 is 14.7 Å². The van der Waals surface area contributed by atoms with Crippen molar-refractivity contribution in [3.8, 4) is 0 Å². The van der Waals surface area contributed by atoms with Crippen LogP contribution in [0.5, 0.6) is 0 Å².